The molecule has 1 heterocycles. The van der Waals surface area contributed by atoms with Crippen LogP contribution in [0.3, 0.4) is 0 Å². The zero-order chi connectivity index (χ0) is 18.5. The number of ether oxygens (including phenoxy) is 2. The van der Waals surface area contributed by atoms with E-state index in [-0.39, 0.29) is 19.0 Å². The Morgan fingerprint density at radius 3 is 2.46 bits per heavy atom. The van der Waals surface area contributed by atoms with Gasteiger partial charge >= 0.3 is 12.1 Å². The van der Waals surface area contributed by atoms with E-state index in [0.29, 0.717) is 0 Å². The SMILES string of the molecule is COC(=O)C1C=C(c2ccc(F)cc2)CN1C(=O)OCc1ccccc1. The van der Waals surface area contributed by atoms with Crippen molar-refractivity contribution in [3.05, 3.63) is 77.6 Å². The second-order valence-corrected chi connectivity index (χ2v) is 5.83. The Morgan fingerprint density at radius 1 is 1.12 bits per heavy atom. The first kappa shape index (κ1) is 17.7. The Morgan fingerprint density at radius 2 is 1.81 bits per heavy atom. The van der Waals surface area contributed by atoms with Crippen LogP contribution < -0.4 is 0 Å². The molecule has 1 unspecified atom stereocenters. The van der Waals surface area contributed by atoms with Crippen molar-refractivity contribution in [2.24, 2.45) is 0 Å². The van der Waals surface area contributed by atoms with Crippen LogP contribution in [-0.4, -0.2) is 36.7 Å². The molecule has 0 bridgehead atoms. The van der Waals surface area contributed by atoms with Crippen LogP contribution in [0.4, 0.5) is 9.18 Å². The summed E-state index contributed by atoms with van der Waals surface area (Å²) in [7, 11) is 1.26. The smallest absolute Gasteiger partial charge is 0.411 e. The summed E-state index contributed by atoms with van der Waals surface area (Å²) in [6.45, 7) is 0.287. The molecule has 2 aromatic carbocycles. The van der Waals surface area contributed by atoms with E-state index >= 15 is 0 Å². The lowest BCUT2D eigenvalue weighted by Crippen LogP contribution is -2.41. The summed E-state index contributed by atoms with van der Waals surface area (Å²) in [5, 5.41) is 0. The van der Waals surface area contributed by atoms with Crippen LogP contribution in [0.15, 0.2) is 60.7 Å². The third kappa shape index (κ3) is 3.91. The number of methoxy groups -OCH3 is 1. The molecule has 0 spiro atoms. The molecule has 3 rings (SSSR count). The van der Waals surface area contributed by atoms with Crippen LogP contribution in [0.5, 0.6) is 0 Å². The number of amides is 1. The minimum Gasteiger partial charge on any atom is -0.467 e. The van der Waals surface area contributed by atoms with Crippen LogP contribution in [0.2, 0.25) is 0 Å². The number of hydrogen-bond acceptors (Lipinski definition) is 4. The van der Waals surface area contributed by atoms with Gasteiger partial charge < -0.3 is 9.47 Å². The fourth-order valence-corrected chi connectivity index (χ4v) is 2.76. The normalized spacial score (nSPS) is 16.2. The van der Waals surface area contributed by atoms with Crippen molar-refractivity contribution in [1.29, 1.82) is 0 Å². The maximum absolute atomic E-state index is 13.1. The lowest BCUT2D eigenvalue weighted by Gasteiger charge is -2.22. The van der Waals surface area contributed by atoms with Gasteiger partial charge in [-0.2, -0.15) is 0 Å². The number of halogens is 1. The van der Waals surface area contributed by atoms with E-state index in [1.807, 2.05) is 30.3 Å². The van der Waals surface area contributed by atoms with Crippen molar-refractivity contribution in [2.45, 2.75) is 12.6 Å². The quantitative estimate of drug-likeness (QED) is 0.789. The standard InChI is InChI=1S/C20H18FNO4/c1-25-19(23)18-11-16(15-7-9-17(21)10-8-15)12-22(18)20(24)26-13-14-5-3-2-4-6-14/h2-11,18H,12-13H2,1H3. The van der Waals surface area contributed by atoms with E-state index < -0.39 is 18.1 Å². The second kappa shape index (κ2) is 7.82. The zero-order valence-corrected chi connectivity index (χ0v) is 14.2. The van der Waals surface area contributed by atoms with Crippen LogP contribution in [0, 0.1) is 5.82 Å². The van der Waals surface area contributed by atoms with Crippen LogP contribution in [-0.2, 0) is 20.9 Å². The fraction of sp³-hybridized carbons (Fsp3) is 0.200. The summed E-state index contributed by atoms with van der Waals surface area (Å²) in [6.07, 6.45) is 1.03. The highest BCUT2D eigenvalue weighted by Gasteiger charge is 2.36. The van der Waals surface area contributed by atoms with E-state index in [0.717, 1.165) is 16.7 Å². The number of esters is 1. The van der Waals surface area contributed by atoms with E-state index in [9.17, 15) is 14.0 Å². The molecule has 5 nitrogen and oxygen atoms in total. The summed E-state index contributed by atoms with van der Waals surface area (Å²) in [5.41, 5.74) is 2.32. The van der Waals surface area contributed by atoms with Gasteiger partial charge in [0, 0.05) is 0 Å². The molecule has 1 aliphatic rings. The summed E-state index contributed by atoms with van der Waals surface area (Å²) >= 11 is 0. The molecule has 0 fully saturated rings. The second-order valence-electron chi connectivity index (χ2n) is 5.83. The largest absolute Gasteiger partial charge is 0.467 e. The van der Waals surface area contributed by atoms with Crippen molar-refractivity contribution in [3.63, 3.8) is 0 Å². The highest BCUT2D eigenvalue weighted by molar-refractivity contribution is 5.90. The number of nitrogens with zero attached hydrogens (tertiary/aromatic N) is 1. The molecule has 134 valence electrons. The third-order valence-electron chi connectivity index (χ3n) is 4.13. The Bertz CT molecular complexity index is 817. The average molecular weight is 355 g/mol. The first-order valence-electron chi connectivity index (χ1n) is 8.10. The molecule has 6 heteroatoms. The van der Waals surface area contributed by atoms with Crippen molar-refractivity contribution in [1.82, 2.24) is 4.90 Å². The summed E-state index contributed by atoms with van der Waals surface area (Å²) in [4.78, 5) is 25.8. The third-order valence-corrected chi connectivity index (χ3v) is 4.13. The fourth-order valence-electron chi connectivity index (χ4n) is 2.76. The molecule has 1 amide bonds. The van der Waals surface area contributed by atoms with Crippen molar-refractivity contribution in [2.75, 3.05) is 13.7 Å². The molecular formula is C20H18FNO4. The molecule has 0 aliphatic carbocycles. The Hall–Kier alpha value is -3.15. The molecule has 0 saturated heterocycles. The van der Waals surface area contributed by atoms with E-state index in [1.165, 1.54) is 24.1 Å². The van der Waals surface area contributed by atoms with Crippen LogP contribution in [0.25, 0.3) is 5.57 Å². The van der Waals surface area contributed by atoms with Crippen LogP contribution in [0.1, 0.15) is 11.1 Å². The molecule has 26 heavy (non-hydrogen) atoms. The summed E-state index contributed by atoms with van der Waals surface area (Å²) in [5.74, 6) is -0.908. The van der Waals surface area contributed by atoms with Gasteiger partial charge in [-0.25, -0.2) is 14.0 Å². The molecule has 2 aromatic rings. The van der Waals surface area contributed by atoms with Gasteiger partial charge in [-0.05, 0) is 34.9 Å². The predicted octanol–water partition coefficient (Wildman–Crippen LogP) is 3.40. The Labute approximate surface area is 150 Å². The molecule has 0 radical (unpaired) electrons. The Balaban J connectivity index is 1.74. The van der Waals surface area contributed by atoms with Gasteiger partial charge in [0.15, 0.2) is 6.04 Å². The zero-order valence-electron chi connectivity index (χ0n) is 14.2. The highest BCUT2D eigenvalue weighted by Crippen LogP contribution is 2.27. The number of benzene rings is 2. The first-order chi connectivity index (χ1) is 12.6. The number of carbonyl (C=O) groups excluding carboxylic acids is 2. The predicted molar refractivity (Wildman–Crippen MR) is 93.5 cm³/mol. The molecule has 1 atom stereocenters. The van der Waals surface area contributed by atoms with Gasteiger partial charge in [-0.1, -0.05) is 42.5 Å². The molecular weight excluding hydrogens is 337 g/mol. The highest BCUT2D eigenvalue weighted by atomic mass is 19.1. The average Bonchev–Trinajstić information content (AvgIpc) is 3.12. The minimum absolute atomic E-state index is 0.107. The maximum Gasteiger partial charge on any atom is 0.411 e. The van der Waals surface area contributed by atoms with Gasteiger partial charge in [0.25, 0.3) is 0 Å². The lowest BCUT2D eigenvalue weighted by atomic mass is 10.1. The first-order valence-corrected chi connectivity index (χ1v) is 8.10. The van der Waals surface area contributed by atoms with E-state index in [4.69, 9.17) is 9.47 Å². The van der Waals surface area contributed by atoms with Gasteiger partial charge in [0.1, 0.15) is 12.4 Å². The van der Waals surface area contributed by atoms with E-state index in [2.05, 4.69) is 0 Å². The lowest BCUT2D eigenvalue weighted by molar-refractivity contribution is -0.144. The molecule has 0 saturated carbocycles. The van der Waals surface area contributed by atoms with Crippen molar-refractivity contribution < 1.29 is 23.5 Å². The van der Waals surface area contributed by atoms with Crippen molar-refractivity contribution in [3.8, 4) is 0 Å². The summed E-state index contributed by atoms with van der Waals surface area (Å²) < 4.78 is 23.2. The topological polar surface area (TPSA) is 55.8 Å². The van der Waals surface area contributed by atoms with Crippen LogP contribution >= 0.6 is 0 Å². The van der Waals surface area contributed by atoms with Crippen molar-refractivity contribution >= 4 is 17.6 Å². The molecule has 0 aromatic heterocycles. The molecule has 1 aliphatic heterocycles. The van der Waals surface area contributed by atoms with Gasteiger partial charge in [-0.3, -0.25) is 4.90 Å². The van der Waals surface area contributed by atoms with Gasteiger partial charge in [-0.15, -0.1) is 0 Å². The number of hydrogen-bond donors (Lipinski definition) is 0. The van der Waals surface area contributed by atoms with Gasteiger partial charge in [0.05, 0.1) is 13.7 Å². The monoisotopic (exact) mass is 355 g/mol. The van der Waals surface area contributed by atoms with E-state index in [1.54, 1.807) is 18.2 Å². The number of rotatable bonds is 4. The maximum atomic E-state index is 13.1. The minimum atomic E-state index is -0.872. The van der Waals surface area contributed by atoms with Gasteiger partial charge in [0.2, 0.25) is 0 Å². The summed E-state index contributed by atoms with van der Waals surface area (Å²) in [6, 6.07) is 14.3. The number of carbonyl (C=O) groups is 2. The Kier molecular flexibility index (Phi) is 5.31. The molecule has 0 N–H and O–H groups in total.